The lowest BCUT2D eigenvalue weighted by Crippen LogP contribution is -2.43. The van der Waals surface area contributed by atoms with Crippen LogP contribution in [0.3, 0.4) is 0 Å². The highest BCUT2D eigenvalue weighted by atomic mass is 32.2. The zero-order chi connectivity index (χ0) is 16.4. The molecule has 2 atom stereocenters. The van der Waals surface area contributed by atoms with Gasteiger partial charge in [-0.3, -0.25) is 9.78 Å². The number of carbonyl (C=O) groups excluding carboxylic acids is 1. The molecule has 1 fully saturated rings. The molecule has 0 unspecified atom stereocenters. The molecule has 0 bridgehead atoms. The van der Waals surface area contributed by atoms with Gasteiger partial charge in [0.25, 0.3) is 0 Å². The zero-order valence-corrected chi connectivity index (χ0v) is 14.2. The van der Waals surface area contributed by atoms with Gasteiger partial charge in [0.2, 0.25) is 5.91 Å². The first-order chi connectivity index (χ1) is 11.8. The first-order valence-electron chi connectivity index (χ1n) is 8.39. The molecule has 4 rings (SSSR count). The molecule has 1 amide bonds. The summed E-state index contributed by atoms with van der Waals surface area (Å²) in [6, 6.07) is 12.1. The van der Waals surface area contributed by atoms with E-state index in [9.17, 15) is 4.79 Å². The lowest BCUT2D eigenvalue weighted by atomic mass is 9.88. The molecule has 1 saturated heterocycles. The molecule has 124 valence electrons. The minimum Gasteiger partial charge on any atom is -0.373 e. The molecule has 5 heteroatoms. The summed E-state index contributed by atoms with van der Waals surface area (Å²) in [6.45, 7) is 1.46. The molecule has 0 radical (unpaired) electrons. The van der Waals surface area contributed by atoms with Gasteiger partial charge in [0, 0.05) is 30.0 Å². The highest BCUT2D eigenvalue weighted by Gasteiger charge is 2.37. The van der Waals surface area contributed by atoms with Crippen molar-refractivity contribution < 1.29 is 9.53 Å². The molecular weight excluding hydrogens is 320 g/mol. The summed E-state index contributed by atoms with van der Waals surface area (Å²) in [7, 11) is 0. The lowest BCUT2D eigenvalue weighted by Gasteiger charge is -2.36. The van der Waals surface area contributed by atoms with Crippen LogP contribution in [-0.2, 0) is 9.53 Å². The molecular formula is C19H20N2O2S. The Balaban J connectivity index is 1.63. The molecule has 3 heterocycles. The van der Waals surface area contributed by atoms with Gasteiger partial charge >= 0.3 is 0 Å². The smallest absolute Gasteiger partial charge is 0.233 e. The topological polar surface area (TPSA) is 42.4 Å². The number of nitrogens with zero attached hydrogens (tertiary/aromatic N) is 2. The number of thioether (sulfide) groups is 1. The van der Waals surface area contributed by atoms with Crippen LogP contribution in [0.2, 0.25) is 0 Å². The van der Waals surface area contributed by atoms with Crippen molar-refractivity contribution in [3.63, 3.8) is 0 Å². The van der Waals surface area contributed by atoms with E-state index in [1.54, 1.807) is 24.2 Å². The number of carbonyl (C=O) groups is 1. The van der Waals surface area contributed by atoms with Crippen LogP contribution in [-0.4, -0.2) is 29.8 Å². The highest BCUT2D eigenvalue weighted by molar-refractivity contribution is 7.99. The second-order valence-electron chi connectivity index (χ2n) is 6.13. The van der Waals surface area contributed by atoms with Gasteiger partial charge < -0.3 is 9.64 Å². The average molecular weight is 340 g/mol. The monoisotopic (exact) mass is 340 g/mol. The first kappa shape index (κ1) is 15.7. The number of hydrogen-bond donors (Lipinski definition) is 0. The van der Waals surface area contributed by atoms with E-state index < -0.39 is 0 Å². The van der Waals surface area contributed by atoms with Crippen molar-refractivity contribution in [1.29, 1.82) is 0 Å². The Labute approximate surface area is 146 Å². The molecule has 0 saturated carbocycles. The van der Waals surface area contributed by atoms with Crippen LogP contribution in [0.5, 0.6) is 0 Å². The number of ether oxygens (including phenoxy) is 1. The summed E-state index contributed by atoms with van der Waals surface area (Å²) in [4.78, 5) is 20.6. The van der Waals surface area contributed by atoms with Crippen LogP contribution in [0, 0.1) is 5.92 Å². The molecule has 0 N–H and O–H groups in total. The molecule has 2 aromatic rings. The summed E-state index contributed by atoms with van der Waals surface area (Å²) >= 11 is 1.79. The fourth-order valence-corrected chi connectivity index (χ4v) is 4.46. The third kappa shape index (κ3) is 2.94. The number of amides is 1. The van der Waals surface area contributed by atoms with Gasteiger partial charge in [-0.15, -0.1) is 11.8 Å². The van der Waals surface area contributed by atoms with Crippen LogP contribution in [0.25, 0.3) is 0 Å². The number of hydrogen-bond acceptors (Lipinski definition) is 4. The Morgan fingerprint density at radius 3 is 3.00 bits per heavy atom. The van der Waals surface area contributed by atoms with E-state index in [4.69, 9.17) is 4.74 Å². The molecule has 1 aromatic carbocycles. The summed E-state index contributed by atoms with van der Waals surface area (Å²) < 4.78 is 6.01. The van der Waals surface area contributed by atoms with E-state index in [0.29, 0.717) is 0 Å². The quantitative estimate of drug-likeness (QED) is 0.836. The Hall–Kier alpha value is -1.85. The van der Waals surface area contributed by atoms with Crippen molar-refractivity contribution in [2.24, 2.45) is 5.92 Å². The van der Waals surface area contributed by atoms with Crippen LogP contribution in [0.4, 0.5) is 5.69 Å². The average Bonchev–Trinajstić information content (AvgIpc) is 2.68. The van der Waals surface area contributed by atoms with Crippen molar-refractivity contribution in [2.45, 2.75) is 23.8 Å². The Bertz CT molecular complexity index is 722. The summed E-state index contributed by atoms with van der Waals surface area (Å²) in [5.41, 5.74) is 2.03. The Morgan fingerprint density at radius 1 is 1.25 bits per heavy atom. The Morgan fingerprint density at radius 2 is 2.12 bits per heavy atom. The largest absolute Gasteiger partial charge is 0.373 e. The SMILES string of the molecule is O=C([C@@H]1CCCO[C@@H]1c1ccccc1)N1CCSc2ccncc21. The standard InChI is InChI=1S/C19H20N2O2S/c22-19(21-10-12-24-17-8-9-20-13-16(17)21)15-7-4-11-23-18(15)14-5-2-1-3-6-14/h1-3,5-6,8-9,13,15,18H,4,7,10-12H2/t15-,18-/m1/s1. The zero-order valence-electron chi connectivity index (χ0n) is 13.4. The van der Waals surface area contributed by atoms with E-state index in [-0.39, 0.29) is 17.9 Å². The van der Waals surface area contributed by atoms with Gasteiger partial charge in [-0.1, -0.05) is 30.3 Å². The van der Waals surface area contributed by atoms with Gasteiger partial charge in [0.15, 0.2) is 0 Å². The van der Waals surface area contributed by atoms with Gasteiger partial charge in [-0.25, -0.2) is 0 Å². The first-order valence-corrected chi connectivity index (χ1v) is 9.38. The van der Waals surface area contributed by atoms with Crippen molar-refractivity contribution >= 4 is 23.4 Å². The molecule has 0 spiro atoms. The van der Waals surface area contributed by atoms with E-state index in [0.717, 1.165) is 47.9 Å². The van der Waals surface area contributed by atoms with Crippen molar-refractivity contribution in [3.05, 3.63) is 54.4 Å². The lowest BCUT2D eigenvalue weighted by molar-refractivity contribution is -0.132. The van der Waals surface area contributed by atoms with Crippen molar-refractivity contribution in [3.8, 4) is 0 Å². The molecule has 1 aromatic heterocycles. The molecule has 24 heavy (non-hydrogen) atoms. The number of rotatable bonds is 2. The predicted molar refractivity (Wildman–Crippen MR) is 95.2 cm³/mol. The number of aromatic nitrogens is 1. The van der Waals surface area contributed by atoms with Crippen LogP contribution in [0.1, 0.15) is 24.5 Å². The van der Waals surface area contributed by atoms with E-state index in [1.165, 1.54) is 0 Å². The van der Waals surface area contributed by atoms with Crippen molar-refractivity contribution in [2.75, 3.05) is 23.8 Å². The maximum atomic E-state index is 13.3. The maximum Gasteiger partial charge on any atom is 0.233 e. The number of anilines is 1. The second-order valence-corrected chi connectivity index (χ2v) is 7.27. The van der Waals surface area contributed by atoms with Crippen LogP contribution >= 0.6 is 11.8 Å². The van der Waals surface area contributed by atoms with E-state index in [2.05, 4.69) is 17.1 Å². The number of benzene rings is 1. The number of pyridine rings is 1. The minimum atomic E-state index is -0.151. The van der Waals surface area contributed by atoms with Gasteiger partial charge in [-0.2, -0.15) is 0 Å². The Kier molecular flexibility index (Phi) is 4.54. The third-order valence-corrected chi connectivity index (χ3v) is 5.70. The van der Waals surface area contributed by atoms with Crippen LogP contribution in [0.15, 0.2) is 53.7 Å². The number of fused-ring (bicyclic) bond motifs is 1. The maximum absolute atomic E-state index is 13.3. The van der Waals surface area contributed by atoms with Gasteiger partial charge in [-0.05, 0) is 24.5 Å². The summed E-state index contributed by atoms with van der Waals surface area (Å²) in [6.07, 6.45) is 5.25. The predicted octanol–water partition coefficient (Wildman–Crippen LogP) is 3.69. The van der Waals surface area contributed by atoms with Gasteiger partial charge in [0.05, 0.1) is 23.9 Å². The third-order valence-electron chi connectivity index (χ3n) is 4.66. The molecule has 4 nitrogen and oxygen atoms in total. The van der Waals surface area contributed by atoms with E-state index in [1.807, 2.05) is 29.2 Å². The van der Waals surface area contributed by atoms with Crippen LogP contribution < -0.4 is 4.90 Å². The fourth-order valence-electron chi connectivity index (χ4n) is 3.50. The minimum absolute atomic E-state index is 0.127. The second kappa shape index (κ2) is 6.95. The van der Waals surface area contributed by atoms with Gasteiger partial charge in [0.1, 0.15) is 0 Å². The summed E-state index contributed by atoms with van der Waals surface area (Å²) in [5.74, 6) is 0.960. The molecule has 2 aliphatic rings. The fraction of sp³-hybridized carbons (Fsp3) is 0.368. The molecule has 0 aliphatic carbocycles. The summed E-state index contributed by atoms with van der Waals surface area (Å²) in [5, 5.41) is 0. The van der Waals surface area contributed by atoms with Crippen molar-refractivity contribution in [1.82, 2.24) is 4.98 Å². The molecule has 2 aliphatic heterocycles. The highest BCUT2D eigenvalue weighted by Crippen LogP contribution is 2.39. The van der Waals surface area contributed by atoms with E-state index >= 15 is 0 Å². The normalized spacial score (nSPS) is 23.6.